The SMILES string of the molecule is CCc1cnc(C(=O)Nc2c[nH]c3ncc(Br)c(N4CCCC(N)C4)c23)nc1. The summed E-state index contributed by atoms with van der Waals surface area (Å²) in [4.78, 5) is 30.8. The summed E-state index contributed by atoms with van der Waals surface area (Å²) in [6.07, 6.45) is 9.74. The van der Waals surface area contributed by atoms with Gasteiger partial charge in [-0.05, 0) is 40.8 Å². The topological polar surface area (TPSA) is 113 Å². The van der Waals surface area contributed by atoms with Crippen molar-refractivity contribution in [3.05, 3.63) is 40.6 Å². The third kappa shape index (κ3) is 3.59. The number of nitrogens with zero attached hydrogens (tertiary/aromatic N) is 4. The molecular weight excluding hydrogens is 422 g/mol. The Bertz CT molecular complexity index is 1000. The summed E-state index contributed by atoms with van der Waals surface area (Å²) in [6.45, 7) is 3.69. The van der Waals surface area contributed by atoms with E-state index >= 15 is 0 Å². The average molecular weight is 444 g/mol. The number of carbonyl (C=O) groups excluding carboxylic acids is 1. The van der Waals surface area contributed by atoms with Crippen LogP contribution in [-0.2, 0) is 6.42 Å². The first-order chi connectivity index (χ1) is 13.6. The maximum Gasteiger partial charge on any atom is 0.293 e. The van der Waals surface area contributed by atoms with Crippen molar-refractivity contribution < 1.29 is 4.79 Å². The Hall–Kier alpha value is -2.52. The number of amides is 1. The lowest BCUT2D eigenvalue weighted by Gasteiger charge is -2.33. The number of aromatic nitrogens is 4. The molecule has 1 amide bonds. The summed E-state index contributed by atoms with van der Waals surface area (Å²) in [6, 6.07) is 0.131. The molecule has 1 unspecified atom stereocenters. The molecule has 146 valence electrons. The van der Waals surface area contributed by atoms with Crippen LogP contribution in [0, 0.1) is 0 Å². The van der Waals surface area contributed by atoms with Crippen molar-refractivity contribution in [2.24, 2.45) is 5.73 Å². The van der Waals surface area contributed by atoms with Crippen LogP contribution < -0.4 is 16.0 Å². The van der Waals surface area contributed by atoms with Gasteiger partial charge < -0.3 is 20.9 Å². The number of hydrogen-bond acceptors (Lipinski definition) is 6. The van der Waals surface area contributed by atoms with Gasteiger partial charge in [-0.25, -0.2) is 15.0 Å². The Kier molecular flexibility index (Phi) is 5.27. The number of nitrogens with one attached hydrogen (secondary N) is 2. The Morgan fingerprint density at radius 1 is 1.36 bits per heavy atom. The van der Waals surface area contributed by atoms with Crippen LogP contribution in [0.5, 0.6) is 0 Å². The summed E-state index contributed by atoms with van der Waals surface area (Å²) in [5.41, 5.74) is 9.50. The number of anilines is 2. The lowest BCUT2D eigenvalue weighted by atomic mass is 10.1. The van der Waals surface area contributed by atoms with Crippen molar-refractivity contribution >= 4 is 44.2 Å². The maximum atomic E-state index is 12.7. The van der Waals surface area contributed by atoms with Crippen LogP contribution in [0.4, 0.5) is 11.4 Å². The molecule has 0 radical (unpaired) electrons. The lowest BCUT2D eigenvalue weighted by Crippen LogP contribution is -2.43. The number of piperidine rings is 1. The van der Waals surface area contributed by atoms with E-state index < -0.39 is 0 Å². The fraction of sp³-hybridized carbons (Fsp3) is 0.368. The second-order valence-corrected chi connectivity index (χ2v) is 7.81. The number of halogens is 1. The molecule has 3 aromatic heterocycles. The van der Waals surface area contributed by atoms with Gasteiger partial charge in [0.05, 0.1) is 21.2 Å². The van der Waals surface area contributed by atoms with E-state index in [1.165, 1.54) is 0 Å². The second-order valence-electron chi connectivity index (χ2n) is 6.95. The molecule has 4 rings (SSSR count). The Morgan fingerprint density at radius 3 is 2.86 bits per heavy atom. The molecule has 4 heterocycles. The van der Waals surface area contributed by atoms with Gasteiger partial charge in [0.1, 0.15) is 5.65 Å². The monoisotopic (exact) mass is 443 g/mol. The zero-order valence-corrected chi connectivity index (χ0v) is 17.2. The van der Waals surface area contributed by atoms with E-state index in [4.69, 9.17) is 5.73 Å². The largest absolute Gasteiger partial charge is 0.368 e. The third-order valence-corrected chi connectivity index (χ3v) is 5.55. The van der Waals surface area contributed by atoms with Crippen molar-refractivity contribution in [3.63, 3.8) is 0 Å². The molecule has 1 saturated heterocycles. The quantitative estimate of drug-likeness (QED) is 0.571. The van der Waals surface area contributed by atoms with Crippen LogP contribution in [-0.4, -0.2) is 45.0 Å². The molecule has 1 aliphatic rings. The number of rotatable bonds is 4. The Balaban J connectivity index is 1.69. The highest BCUT2D eigenvalue weighted by Gasteiger charge is 2.24. The number of carbonyl (C=O) groups is 1. The van der Waals surface area contributed by atoms with E-state index in [2.05, 4.69) is 46.1 Å². The molecule has 0 aliphatic carbocycles. The van der Waals surface area contributed by atoms with E-state index in [1.54, 1.807) is 24.8 Å². The molecule has 1 atom stereocenters. The van der Waals surface area contributed by atoms with Gasteiger partial charge >= 0.3 is 0 Å². The van der Waals surface area contributed by atoms with Crippen LogP contribution >= 0.6 is 15.9 Å². The highest BCUT2D eigenvalue weighted by Crippen LogP contribution is 2.38. The standard InChI is InChI=1S/C19H22BrN7O/c1-2-11-6-22-18(23-7-11)19(28)26-14-9-25-17-15(14)16(13(20)8-24-17)27-5-3-4-12(21)10-27/h6-9,12H,2-5,10,21H2,1H3,(H,24,25)(H,26,28). The van der Waals surface area contributed by atoms with Crippen molar-refractivity contribution in [2.75, 3.05) is 23.3 Å². The average Bonchev–Trinajstić information content (AvgIpc) is 3.10. The van der Waals surface area contributed by atoms with Crippen LogP contribution in [0.2, 0.25) is 0 Å². The minimum atomic E-state index is -0.357. The number of pyridine rings is 1. The van der Waals surface area contributed by atoms with E-state index in [0.29, 0.717) is 11.3 Å². The minimum Gasteiger partial charge on any atom is -0.368 e. The van der Waals surface area contributed by atoms with Crippen molar-refractivity contribution in [2.45, 2.75) is 32.2 Å². The number of fused-ring (bicyclic) bond motifs is 1. The first-order valence-electron chi connectivity index (χ1n) is 9.35. The smallest absolute Gasteiger partial charge is 0.293 e. The van der Waals surface area contributed by atoms with Gasteiger partial charge in [-0.15, -0.1) is 0 Å². The van der Waals surface area contributed by atoms with Crippen molar-refractivity contribution in [1.29, 1.82) is 0 Å². The van der Waals surface area contributed by atoms with Gasteiger partial charge in [-0.3, -0.25) is 4.79 Å². The number of aromatic amines is 1. The summed E-state index contributed by atoms with van der Waals surface area (Å²) in [7, 11) is 0. The molecule has 0 saturated carbocycles. The fourth-order valence-electron chi connectivity index (χ4n) is 3.51. The van der Waals surface area contributed by atoms with Crippen LogP contribution in [0.15, 0.2) is 29.3 Å². The molecule has 8 nitrogen and oxygen atoms in total. The van der Waals surface area contributed by atoms with E-state index in [0.717, 1.165) is 53.5 Å². The molecule has 1 aliphatic heterocycles. The molecule has 0 spiro atoms. The predicted molar refractivity (Wildman–Crippen MR) is 113 cm³/mol. The predicted octanol–water partition coefficient (Wildman–Crippen LogP) is 2.86. The number of H-pyrrole nitrogens is 1. The Morgan fingerprint density at radius 2 is 2.14 bits per heavy atom. The van der Waals surface area contributed by atoms with Gasteiger partial charge in [-0.2, -0.15) is 0 Å². The molecule has 3 aromatic rings. The first kappa shape index (κ1) is 18.8. The molecule has 28 heavy (non-hydrogen) atoms. The summed E-state index contributed by atoms with van der Waals surface area (Å²) < 4.78 is 0.868. The minimum absolute atomic E-state index is 0.131. The molecule has 9 heteroatoms. The van der Waals surface area contributed by atoms with Crippen molar-refractivity contribution in [1.82, 2.24) is 19.9 Å². The van der Waals surface area contributed by atoms with E-state index in [1.807, 2.05) is 6.92 Å². The molecule has 1 fully saturated rings. The van der Waals surface area contributed by atoms with E-state index in [9.17, 15) is 4.79 Å². The summed E-state index contributed by atoms with van der Waals surface area (Å²) in [5.74, 6) is -0.221. The summed E-state index contributed by atoms with van der Waals surface area (Å²) in [5, 5.41) is 3.77. The van der Waals surface area contributed by atoms with Gasteiger partial charge in [0.15, 0.2) is 0 Å². The second kappa shape index (κ2) is 7.84. The van der Waals surface area contributed by atoms with E-state index in [-0.39, 0.29) is 17.8 Å². The zero-order valence-electron chi connectivity index (χ0n) is 15.6. The fourth-order valence-corrected chi connectivity index (χ4v) is 4.06. The summed E-state index contributed by atoms with van der Waals surface area (Å²) >= 11 is 3.62. The first-order valence-corrected chi connectivity index (χ1v) is 10.1. The van der Waals surface area contributed by atoms with Gasteiger partial charge in [0.2, 0.25) is 5.82 Å². The van der Waals surface area contributed by atoms with Gasteiger partial charge in [-0.1, -0.05) is 6.92 Å². The number of nitrogens with two attached hydrogens (primary N) is 1. The van der Waals surface area contributed by atoms with Crippen LogP contribution in [0.1, 0.15) is 35.9 Å². The molecular formula is C19H22BrN7O. The van der Waals surface area contributed by atoms with Crippen LogP contribution in [0.25, 0.3) is 11.0 Å². The molecule has 0 bridgehead atoms. The van der Waals surface area contributed by atoms with Crippen molar-refractivity contribution in [3.8, 4) is 0 Å². The molecule has 0 aromatic carbocycles. The van der Waals surface area contributed by atoms with Gasteiger partial charge in [0.25, 0.3) is 5.91 Å². The number of hydrogen-bond donors (Lipinski definition) is 3. The molecule has 4 N–H and O–H groups in total. The van der Waals surface area contributed by atoms with Crippen LogP contribution in [0.3, 0.4) is 0 Å². The van der Waals surface area contributed by atoms with Gasteiger partial charge in [0, 0.05) is 43.9 Å². The normalized spacial score (nSPS) is 17.1. The third-order valence-electron chi connectivity index (χ3n) is 4.97. The number of aryl methyl sites for hydroxylation is 1. The Labute approximate surface area is 171 Å². The maximum absolute atomic E-state index is 12.7. The highest BCUT2D eigenvalue weighted by molar-refractivity contribution is 9.10. The lowest BCUT2D eigenvalue weighted by molar-refractivity contribution is 0.101. The zero-order chi connectivity index (χ0) is 19.7. The highest BCUT2D eigenvalue weighted by atomic mass is 79.9.